The molecule has 0 saturated heterocycles. The Hall–Kier alpha value is -3.86. The van der Waals surface area contributed by atoms with Crippen LogP contribution < -0.4 is 9.47 Å². The number of aliphatic hydroxyl groups excluding tert-OH is 1. The summed E-state index contributed by atoms with van der Waals surface area (Å²) < 4.78 is 10.6. The van der Waals surface area contributed by atoms with E-state index in [-0.39, 0.29) is 22.5 Å². The number of methoxy groups -OCH3 is 2. The number of nitrogens with zero attached hydrogens (tertiary/aromatic N) is 1. The number of fused-ring (bicyclic) bond motifs is 1. The summed E-state index contributed by atoms with van der Waals surface area (Å²) in [5.41, 5.74) is 2.24. The van der Waals surface area contributed by atoms with Crippen molar-refractivity contribution in [2.75, 3.05) is 14.2 Å². The molecule has 174 valence electrons. The van der Waals surface area contributed by atoms with Crippen molar-refractivity contribution in [3.05, 3.63) is 83.6 Å². The van der Waals surface area contributed by atoms with Crippen LogP contribution in [-0.2, 0) is 4.79 Å². The van der Waals surface area contributed by atoms with Crippen molar-refractivity contribution in [2.45, 2.75) is 26.7 Å². The minimum Gasteiger partial charge on any atom is -0.507 e. The Kier molecular flexibility index (Phi) is 6.55. The Bertz CT molecular complexity index is 1330. The molecular weight excluding hydrogens is 426 g/mol. The smallest absolute Gasteiger partial charge is 0.168 e. The lowest BCUT2D eigenvalue weighted by Gasteiger charge is -2.31. The van der Waals surface area contributed by atoms with Crippen molar-refractivity contribution < 1.29 is 19.4 Å². The summed E-state index contributed by atoms with van der Waals surface area (Å²) in [5.74, 6) is 1.01. The number of ketones is 1. The van der Waals surface area contributed by atoms with E-state index in [4.69, 9.17) is 14.5 Å². The number of carbonyl (C=O) groups is 1. The second-order valence-corrected chi connectivity index (χ2v) is 9.21. The third-order valence-electron chi connectivity index (χ3n) is 5.97. The highest BCUT2D eigenvalue weighted by Gasteiger charge is 2.36. The third kappa shape index (κ3) is 4.88. The maximum atomic E-state index is 13.1. The maximum Gasteiger partial charge on any atom is 0.168 e. The average Bonchev–Trinajstić information content (AvgIpc) is 2.81. The van der Waals surface area contributed by atoms with Crippen molar-refractivity contribution in [1.29, 1.82) is 0 Å². The van der Waals surface area contributed by atoms with Crippen molar-refractivity contribution in [1.82, 2.24) is 0 Å². The van der Waals surface area contributed by atoms with Gasteiger partial charge in [0.15, 0.2) is 17.3 Å². The van der Waals surface area contributed by atoms with Crippen molar-refractivity contribution >= 4 is 34.0 Å². The van der Waals surface area contributed by atoms with Gasteiger partial charge < -0.3 is 14.6 Å². The molecule has 1 N–H and O–H groups in total. The van der Waals surface area contributed by atoms with Gasteiger partial charge in [-0.25, -0.2) is 0 Å². The molecule has 4 rings (SSSR count). The van der Waals surface area contributed by atoms with Crippen LogP contribution in [0.15, 0.2) is 83.1 Å². The molecule has 0 unspecified atom stereocenters. The Morgan fingerprint density at radius 2 is 1.71 bits per heavy atom. The standard InChI is InChI=1S/C29H29NO4/c1-29(2)17-23(30-22-11-7-9-20-8-5-6-10-21(20)22)28(25(32)18-29)24(31)14-12-19-13-15-26(33-3)27(16-19)34-4/h5-16,31H,17-18H2,1-4H3. The number of hydrogen-bond acceptors (Lipinski definition) is 5. The summed E-state index contributed by atoms with van der Waals surface area (Å²) in [6.45, 7) is 4.10. The lowest BCUT2D eigenvalue weighted by atomic mass is 9.73. The van der Waals surface area contributed by atoms with Crippen LogP contribution in [0.3, 0.4) is 0 Å². The SMILES string of the molecule is COc1ccc(C=CC(O)=C2C(=O)CC(C)(C)CC2=Nc2cccc3ccccc23)cc1OC. The van der Waals surface area contributed by atoms with Gasteiger partial charge in [-0.3, -0.25) is 9.79 Å². The first-order valence-corrected chi connectivity index (χ1v) is 11.2. The fourth-order valence-corrected chi connectivity index (χ4v) is 4.34. The number of allylic oxidation sites excluding steroid dienone is 2. The zero-order valence-corrected chi connectivity index (χ0v) is 20.0. The van der Waals surface area contributed by atoms with Crippen LogP contribution >= 0.6 is 0 Å². The molecule has 0 amide bonds. The van der Waals surface area contributed by atoms with Crippen LogP contribution in [0, 0.1) is 5.41 Å². The molecule has 3 aromatic carbocycles. The predicted octanol–water partition coefficient (Wildman–Crippen LogP) is 6.84. The van der Waals surface area contributed by atoms with Crippen molar-refractivity contribution in [3.63, 3.8) is 0 Å². The Labute approximate surface area is 200 Å². The molecule has 0 heterocycles. The molecule has 1 aliphatic carbocycles. The lowest BCUT2D eigenvalue weighted by molar-refractivity contribution is -0.117. The molecule has 0 aromatic heterocycles. The summed E-state index contributed by atoms with van der Waals surface area (Å²) in [6.07, 6.45) is 4.23. The predicted molar refractivity (Wildman–Crippen MR) is 137 cm³/mol. The van der Waals surface area contributed by atoms with E-state index < -0.39 is 0 Å². The number of ether oxygens (including phenoxy) is 2. The zero-order chi connectivity index (χ0) is 24.3. The Morgan fingerprint density at radius 3 is 2.47 bits per heavy atom. The van der Waals surface area contributed by atoms with Gasteiger partial charge in [0.25, 0.3) is 0 Å². The summed E-state index contributed by atoms with van der Waals surface area (Å²) in [7, 11) is 3.15. The highest BCUT2D eigenvalue weighted by Crippen LogP contribution is 2.37. The van der Waals surface area contributed by atoms with Gasteiger partial charge in [0.05, 0.1) is 31.2 Å². The lowest BCUT2D eigenvalue weighted by Crippen LogP contribution is -2.32. The maximum absolute atomic E-state index is 13.1. The number of Topliss-reactive ketones (excluding diaryl/α,β-unsaturated/α-hetero) is 1. The molecule has 0 atom stereocenters. The van der Waals surface area contributed by atoms with Gasteiger partial charge in [-0.05, 0) is 47.1 Å². The largest absolute Gasteiger partial charge is 0.507 e. The Morgan fingerprint density at radius 1 is 0.971 bits per heavy atom. The monoisotopic (exact) mass is 455 g/mol. The quantitative estimate of drug-likeness (QED) is 0.338. The van der Waals surface area contributed by atoms with Crippen LogP contribution in [-0.4, -0.2) is 30.8 Å². The van der Waals surface area contributed by atoms with Gasteiger partial charge in [-0.15, -0.1) is 0 Å². The number of aliphatic imine (C=N–C) groups is 1. The van der Waals surface area contributed by atoms with Gasteiger partial charge >= 0.3 is 0 Å². The van der Waals surface area contributed by atoms with Gasteiger partial charge in [0.1, 0.15) is 5.76 Å². The molecule has 0 radical (unpaired) electrons. The zero-order valence-electron chi connectivity index (χ0n) is 20.0. The van der Waals surface area contributed by atoms with E-state index in [9.17, 15) is 9.90 Å². The van der Waals surface area contributed by atoms with E-state index in [1.54, 1.807) is 32.4 Å². The normalized spacial score (nSPS) is 18.5. The minimum absolute atomic E-state index is 0.0886. The van der Waals surface area contributed by atoms with Crippen LogP contribution in [0.2, 0.25) is 0 Å². The molecular formula is C29H29NO4. The molecule has 5 nitrogen and oxygen atoms in total. The van der Waals surface area contributed by atoms with Crippen LogP contribution in [0.1, 0.15) is 32.3 Å². The second kappa shape index (κ2) is 9.56. The first kappa shape index (κ1) is 23.3. The highest BCUT2D eigenvalue weighted by atomic mass is 16.5. The van der Waals surface area contributed by atoms with Gasteiger partial charge in [0, 0.05) is 11.8 Å². The fraction of sp³-hybridized carbons (Fsp3) is 0.241. The number of hydrogen-bond donors (Lipinski definition) is 1. The molecule has 0 aliphatic heterocycles. The van der Waals surface area contributed by atoms with Gasteiger partial charge in [-0.1, -0.05) is 62.4 Å². The summed E-state index contributed by atoms with van der Waals surface area (Å²) >= 11 is 0. The van der Waals surface area contributed by atoms with Crippen LogP contribution in [0.4, 0.5) is 5.69 Å². The molecule has 5 heteroatoms. The second-order valence-electron chi connectivity index (χ2n) is 9.21. The molecule has 1 aliphatic rings. The number of rotatable bonds is 5. The molecule has 34 heavy (non-hydrogen) atoms. The first-order chi connectivity index (χ1) is 16.3. The summed E-state index contributed by atoms with van der Waals surface area (Å²) in [4.78, 5) is 18.0. The molecule has 3 aromatic rings. The number of carbonyl (C=O) groups excluding carboxylic acids is 1. The van der Waals surface area contributed by atoms with E-state index in [1.165, 1.54) is 0 Å². The van der Waals surface area contributed by atoms with Crippen LogP contribution in [0.5, 0.6) is 11.5 Å². The van der Waals surface area contributed by atoms with E-state index in [0.717, 1.165) is 22.0 Å². The van der Waals surface area contributed by atoms with E-state index in [2.05, 4.69) is 13.8 Å². The van der Waals surface area contributed by atoms with Crippen molar-refractivity contribution in [3.8, 4) is 11.5 Å². The average molecular weight is 456 g/mol. The van der Waals surface area contributed by atoms with Crippen LogP contribution in [0.25, 0.3) is 16.8 Å². The van der Waals surface area contributed by atoms with E-state index in [1.807, 2.05) is 54.6 Å². The number of aliphatic hydroxyl groups is 1. The molecule has 1 fully saturated rings. The highest BCUT2D eigenvalue weighted by molar-refractivity contribution is 6.25. The topological polar surface area (TPSA) is 68.1 Å². The van der Waals surface area contributed by atoms with Crippen molar-refractivity contribution in [2.24, 2.45) is 10.4 Å². The van der Waals surface area contributed by atoms with Gasteiger partial charge in [0.2, 0.25) is 0 Å². The Balaban J connectivity index is 1.78. The molecule has 0 spiro atoms. The number of benzene rings is 3. The summed E-state index contributed by atoms with van der Waals surface area (Å²) in [6, 6.07) is 19.4. The minimum atomic E-state index is -0.239. The van der Waals surface area contributed by atoms with E-state index in [0.29, 0.717) is 30.1 Å². The third-order valence-corrected chi connectivity index (χ3v) is 5.97. The fourth-order valence-electron chi connectivity index (χ4n) is 4.34. The molecule has 0 bridgehead atoms. The van der Waals surface area contributed by atoms with Gasteiger partial charge in [-0.2, -0.15) is 0 Å². The summed E-state index contributed by atoms with van der Waals surface area (Å²) in [5, 5.41) is 13.1. The first-order valence-electron chi connectivity index (χ1n) is 11.2. The van der Waals surface area contributed by atoms with E-state index >= 15 is 0 Å². The molecule has 1 saturated carbocycles.